The molecule has 1 aromatic carbocycles. The van der Waals surface area contributed by atoms with Crippen molar-refractivity contribution in [3.63, 3.8) is 0 Å². The molecule has 116 valence electrons. The third-order valence-corrected chi connectivity index (χ3v) is 3.37. The van der Waals surface area contributed by atoms with Gasteiger partial charge in [0.15, 0.2) is 11.6 Å². The van der Waals surface area contributed by atoms with Crippen LogP contribution in [-0.4, -0.2) is 29.2 Å². The van der Waals surface area contributed by atoms with Crippen molar-refractivity contribution in [2.24, 2.45) is 0 Å². The van der Waals surface area contributed by atoms with Gasteiger partial charge in [-0.25, -0.2) is 13.8 Å². The molecule has 5 nitrogen and oxygen atoms in total. The van der Waals surface area contributed by atoms with Gasteiger partial charge in [-0.1, -0.05) is 0 Å². The normalized spacial score (nSPS) is 17.5. The number of benzene rings is 1. The van der Waals surface area contributed by atoms with Crippen molar-refractivity contribution in [2.45, 2.75) is 18.9 Å². The molecular formula is C15H16F2N4O. The van der Waals surface area contributed by atoms with E-state index in [1.165, 1.54) is 6.07 Å². The maximum Gasteiger partial charge on any atom is 0.229 e. The predicted molar refractivity (Wildman–Crippen MR) is 79.1 cm³/mol. The Morgan fingerprint density at radius 1 is 1.23 bits per heavy atom. The van der Waals surface area contributed by atoms with Crippen LogP contribution in [0, 0.1) is 11.6 Å². The molecule has 2 heterocycles. The number of aromatic nitrogens is 2. The average molecular weight is 306 g/mol. The summed E-state index contributed by atoms with van der Waals surface area (Å²) in [6, 6.07) is 5.28. The number of anilines is 3. The molecule has 1 fully saturated rings. The van der Waals surface area contributed by atoms with Gasteiger partial charge in [-0.3, -0.25) is 0 Å². The van der Waals surface area contributed by atoms with Gasteiger partial charge in [0.1, 0.15) is 5.82 Å². The lowest BCUT2D eigenvalue weighted by atomic mass is 10.2. The third-order valence-electron chi connectivity index (χ3n) is 3.37. The molecule has 1 aromatic heterocycles. The number of nitrogens with one attached hydrogen (secondary N) is 2. The molecule has 7 heteroatoms. The summed E-state index contributed by atoms with van der Waals surface area (Å²) in [6.45, 7) is 1.49. The molecule has 0 aliphatic carbocycles. The van der Waals surface area contributed by atoms with Crippen LogP contribution in [0.25, 0.3) is 0 Å². The second kappa shape index (κ2) is 6.65. The number of halogens is 2. The standard InChI is InChI=1S/C15H16F2N4O/c16-12-4-3-10(8-13(12)17)20-15-18-6-5-14(21-15)19-9-11-2-1-7-22-11/h3-6,8,11H,1-2,7,9H2,(H2,18,19,20,21). The molecule has 1 aliphatic heterocycles. The lowest BCUT2D eigenvalue weighted by molar-refractivity contribution is 0.120. The van der Waals surface area contributed by atoms with Crippen molar-refractivity contribution in [3.05, 3.63) is 42.1 Å². The van der Waals surface area contributed by atoms with Gasteiger partial charge in [0.05, 0.1) is 6.10 Å². The van der Waals surface area contributed by atoms with Gasteiger partial charge >= 0.3 is 0 Å². The fourth-order valence-corrected chi connectivity index (χ4v) is 2.24. The van der Waals surface area contributed by atoms with Crippen molar-refractivity contribution in [3.8, 4) is 0 Å². The van der Waals surface area contributed by atoms with Crippen LogP contribution in [0.2, 0.25) is 0 Å². The van der Waals surface area contributed by atoms with Crippen LogP contribution in [0.5, 0.6) is 0 Å². The van der Waals surface area contributed by atoms with E-state index < -0.39 is 11.6 Å². The molecule has 0 radical (unpaired) electrons. The first-order valence-corrected chi connectivity index (χ1v) is 7.11. The summed E-state index contributed by atoms with van der Waals surface area (Å²) in [7, 11) is 0. The van der Waals surface area contributed by atoms with Gasteiger partial charge in [-0.05, 0) is 31.0 Å². The lowest BCUT2D eigenvalue weighted by Gasteiger charge is -2.12. The maximum absolute atomic E-state index is 13.2. The molecule has 3 rings (SSSR count). The van der Waals surface area contributed by atoms with Crippen LogP contribution in [0.1, 0.15) is 12.8 Å². The molecule has 2 N–H and O–H groups in total. The Hall–Kier alpha value is -2.28. The smallest absolute Gasteiger partial charge is 0.229 e. The summed E-state index contributed by atoms with van der Waals surface area (Å²) in [5.41, 5.74) is 0.384. The number of ether oxygens (including phenoxy) is 1. The average Bonchev–Trinajstić information content (AvgIpc) is 3.03. The highest BCUT2D eigenvalue weighted by Crippen LogP contribution is 2.18. The number of rotatable bonds is 5. The van der Waals surface area contributed by atoms with Crippen LogP contribution in [0.15, 0.2) is 30.5 Å². The molecule has 1 atom stereocenters. The molecule has 0 spiro atoms. The van der Waals surface area contributed by atoms with Crippen molar-refractivity contribution >= 4 is 17.5 Å². The second-order valence-corrected chi connectivity index (χ2v) is 5.04. The van der Waals surface area contributed by atoms with Gasteiger partial charge in [-0.15, -0.1) is 0 Å². The van der Waals surface area contributed by atoms with Crippen molar-refractivity contribution in [1.29, 1.82) is 0 Å². The summed E-state index contributed by atoms with van der Waals surface area (Å²) in [6.07, 6.45) is 3.92. The van der Waals surface area contributed by atoms with Crippen molar-refractivity contribution in [1.82, 2.24) is 9.97 Å². The molecule has 22 heavy (non-hydrogen) atoms. The Bertz CT molecular complexity index is 647. The van der Waals surface area contributed by atoms with E-state index >= 15 is 0 Å². The summed E-state index contributed by atoms with van der Waals surface area (Å²) < 4.78 is 31.6. The van der Waals surface area contributed by atoms with E-state index in [2.05, 4.69) is 20.6 Å². The molecular weight excluding hydrogens is 290 g/mol. The fraction of sp³-hybridized carbons (Fsp3) is 0.333. The molecule has 1 unspecified atom stereocenters. The van der Waals surface area contributed by atoms with E-state index in [1.807, 2.05) is 0 Å². The highest BCUT2D eigenvalue weighted by molar-refractivity contribution is 5.54. The zero-order valence-electron chi connectivity index (χ0n) is 11.9. The first-order valence-electron chi connectivity index (χ1n) is 7.11. The number of hydrogen-bond acceptors (Lipinski definition) is 5. The maximum atomic E-state index is 13.2. The largest absolute Gasteiger partial charge is 0.376 e. The molecule has 0 saturated carbocycles. The highest BCUT2D eigenvalue weighted by Gasteiger charge is 2.15. The van der Waals surface area contributed by atoms with Crippen LogP contribution in [-0.2, 0) is 4.74 Å². The summed E-state index contributed by atoms with van der Waals surface area (Å²) >= 11 is 0. The Balaban J connectivity index is 1.63. The van der Waals surface area contributed by atoms with E-state index in [1.54, 1.807) is 12.3 Å². The van der Waals surface area contributed by atoms with Crippen LogP contribution < -0.4 is 10.6 Å². The van der Waals surface area contributed by atoms with Crippen molar-refractivity contribution in [2.75, 3.05) is 23.8 Å². The number of hydrogen-bond donors (Lipinski definition) is 2. The SMILES string of the molecule is Fc1ccc(Nc2nccc(NCC3CCCO3)n2)cc1F. The fourth-order valence-electron chi connectivity index (χ4n) is 2.24. The van der Waals surface area contributed by atoms with E-state index in [9.17, 15) is 8.78 Å². The van der Waals surface area contributed by atoms with Crippen LogP contribution in [0.4, 0.5) is 26.2 Å². The highest BCUT2D eigenvalue weighted by atomic mass is 19.2. The van der Waals surface area contributed by atoms with Crippen LogP contribution >= 0.6 is 0 Å². The predicted octanol–water partition coefficient (Wildman–Crippen LogP) is 3.09. The Morgan fingerprint density at radius 2 is 2.14 bits per heavy atom. The minimum Gasteiger partial charge on any atom is -0.376 e. The molecule has 1 aliphatic rings. The molecule has 1 saturated heterocycles. The first kappa shape index (κ1) is 14.6. The summed E-state index contributed by atoms with van der Waals surface area (Å²) in [5.74, 6) is -0.852. The van der Waals surface area contributed by atoms with Gasteiger partial charge < -0.3 is 15.4 Å². The van der Waals surface area contributed by atoms with Gasteiger partial charge in [0.25, 0.3) is 0 Å². The van der Waals surface area contributed by atoms with E-state index in [4.69, 9.17) is 4.74 Å². The summed E-state index contributed by atoms with van der Waals surface area (Å²) in [4.78, 5) is 8.33. The second-order valence-electron chi connectivity index (χ2n) is 5.04. The van der Waals surface area contributed by atoms with Gasteiger partial charge in [0, 0.05) is 31.1 Å². The molecule has 0 bridgehead atoms. The van der Waals surface area contributed by atoms with Crippen molar-refractivity contribution < 1.29 is 13.5 Å². The van der Waals surface area contributed by atoms with E-state index in [0.717, 1.165) is 31.6 Å². The van der Waals surface area contributed by atoms with E-state index in [-0.39, 0.29) is 6.10 Å². The molecule has 0 amide bonds. The number of nitrogens with zero attached hydrogens (tertiary/aromatic N) is 2. The monoisotopic (exact) mass is 306 g/mol. The quantitative estimate of drug-likeness (QED) is 0.889. The first-order chi connectivity index (χ1) is 10.7. The zero-order chi connectivity index (χ0) is 15.4. The van der Waals surface area contributed by atoms with Gasteiger partial charge in [0.2, 0.25) is 5.95 Å². The zero-order valence-corrected chi connectivity index (χ0v) is 11.9. The van der Waals surface area contributed by atoms with E-state index in [0.29, 0.717) is 24.0 Å². The minimum absolute atomic E-state index is 0.206. The van der Waals surface area contributed by atoms with Gasteiger partial charge in [-0.2, -0.15) is 4.98 Å². The topological polar surface area (TPSA) is 59.1 Å². The van der Waals surface area contributed by atoms with Crippen LogP contribution in [0.3, 0.4) is 0 Å². The Morgan fingerprint density at radius 3 is 2.91 bits per heavy atom. The Kier molecular flexibility index (Phi) is 4.43. The summed E-state index contributed by atoms with van der Waals surface area (Å²) in [5, 5.41) is 6.02. The lowest BCUT2D eigenvalue weighted by Crippen LogP contribution is -2.19. The Labute approximate surface area is 126 Å². The third kappa shape index (κ3) is 3.67. The molecule has 2 aromatic rings. The minimum atomic E-state index is -0.919.